The Balaban J connectivity index is 1.59. The number of piperidine rings is 1. The zero-order valence-electron chi connectivity index (χ0n) is 15.1. The zero-order valence-corrected chi connectivity index (χ0v) is 16.7. The van der Waals surface area contributed by atoms with Gasteiger partial charge in [-0.25, -0.2) is 12.8 Å². The number of sulfonamides is 1. The summed E-state index contributed by atoms with van der Waals surface area (Å²) >= 11 is 1.35. The van der Waals surface area contributed by atoms with Gasteiger partial charge in [0.05, 0.1) is 4.90 Å². The van der Waals surface area contributed by atoms with Gasteiger partial charge in [0.2, 0.25) is 21.1 Å². The second-order valence-corrected chi connectivity index (χ2v) is 9.67. The summed E-state index contributed by atoms with van der Waals surface area (Å²) in [5, 5.41) is 12.1. The lowest BCUT2D eigenvalue weighted by atomic mass is 9.97. The fourth-order valence-corrected chi connectivity index (χ4v) is 5.06. The van der Waals surface area contributed by atoms with Gasteiger partial charge in [-0.3, -0.25) is 4.79 Å². The van der Waals surface area contributed by atoms with E-state index < -0.39 is 15.8 Å². The molecule has 0 unspecified atom stereocenters. The van der Waals surface area contributed by atoms with E-state index in [0.717, 1.165) is 17.1 Å². The maximum absolute atomic E-state index is 13.0. The molecule has 2 aromatic rings. The second kappa shape index (κ2) is 7.99. The van der Waals surface area contributed by atoms with E-state index in [1.54, 1.807) is 0 Å². The Hall–Kier alpha value is -1.91. The summed E-state index contributed by atoms with van der Waals surface area (Å²) < 4.78 is 39.6. The number of halogens is 1. The number of rotatable bonds is 5. The van der Waals surface area contributed by atoms with Gasteiger partial charge in [-0.1, -0.05) is 25.2 Å². The van der Waals surface area contributed by atoms with Crippen LogP contribution in [0.5, 0.6) is 0 Å². The number of hydrogen-bond donors (Lipinski definition) is 1. The molecule has 3 rings (SSSR count). The Morgan fingerprint density at radius 1 is 1.22 bits per heavy atom. The predicted molar refractivity (Wildman–Crippen MR) is 101 cm³/mol. The Morgan fingerprint density at radius 2 is 1.85 bits per heavy atom. The lowest BCUT2D eigenvalue weighted by Gasteiger charge is -2.30. The van der Waals surface area contributed by atoms with Crippen LogP contribution in [0.4, 0.5) is 9.52 Å². The van der Waals surface area contributed by atoms with Gasteiger partial charge in [-0.15, -0.1) is 10.2 Å². The standard InChI is InChI=1S/C17H21FN4O3S2/c1-11(2)16-20-21-17(26-16)19-15(23)12-7-9-22(10-8-12)27(24,25)14-5-3-13(18)4-6-14/h3-6,11-12H,7-10H2,1-2H3,(H,19,21,23). The van der Waals surface area contributed by atoms with E-state index in [1.807, 2.05) is 13.8 Å². The van der Waals surface area contributed by atoms with E-state index in [-0.39, 0.29) is 35.7 Å². The third-order valence-electron chi connectivity index (χ3n) is 4.44. The van der Waals surface area contributed by atoms with Crippen molar-refractivity contribution in [2.24, 2.45) is 5.92 Å². The molecule has 2 heterocycles. The van der Waals surface area contributed by atoms with Crippen molar-refractivity contribution in [2.45, 2.75) is 37.5 Å². The lowest BCUT2D eigenvalue weighted by molar-refractivity contribution is -0.120. The molecule has 1 fully saturated rings. The molecule has 1 saturated heterocycles. The number of nitrogens with zero attached hydrogens (tertiary/aromatic N) is 3. The minimum absolute atomic E-state index is 0.0573. The molecule has 27 heavy (non-hydrogen) atoms. The summed E-state index contributed by atoms with van der Waals surface area (Å²) in [4.78, 5) is 12.5. The molecule has 7 nitrogen and oxygen atoms in total. The van der Waals surface area contributed by atoms with Gasteiger partial charge >= 0.3 is 0 Å². The van der Waals surface area contributed by atoms with Crippen molar-refractivity contribution < 1.29 is 17.6 Å². The molecule has 1 aliphatic rings. The fraction of sp³-hybridized carbons (Fsp3) is 0.471. The Bertz CT molecular complexity index is 905. The topological polar surface area (TPSA) is 92.3 Å². The largest absolute Gasteiger partial charge is 0.300 e. The van der Waals surface area contributed by atoms with Crippen molar-refractivity contribution in [1.29, 1.82) is 0 Å². The fourth-order valence-electron chi connectivity index (χ4n) is 2.84. The molecule has 1 aromatic carbocycles. The number of nitrogens with one attached hydrogen (secondary N) is 1. The van der Waals surface area contributed by atoms with Crippen molar-refractivity contribution in [3.63, 3.8) is 0 Å². The molecule has 0 aliphatic carbocycles. The molecule has 1 N–H and O–H groups in total. The first-order chi connectivity index (χ1) is 12.8. The summed E-state index contributed by atoms with van der Waals surface area (Å²) in [7, 11) is -3.68. The molecule has 1 amide bonds. The highest BCUT2D eigenvalue weighted by Crippen LogP contribution is 2.27. The first-order valence-electron chi connectivity index (χ1n) is 8.67. The number of benzene rings is 1. The molecule has 0 atom stereocenters. The Morgan fingerprint density at radius 3 is 2.41 bits per heavy atom. The van der Waals surface area contributed by atoms with Crippen LogP contribution in [0.3, 0.4) is 0 Å². The average Bonchev–Trinajstić information content (AvgIpc) is 3.11. The minimum atomic E-state index is -3.68. The van der Waals surface area contributed by atoms with Crippen LogP contribution in [0.25, 0.3) is 0 Å². The summed E-state index contributed by atoms with van der Waals surface area (Å²) in [6.07, 6.45) is 0.837. The van der Waals surface area contributed by atoms with Crippen molar-refractivity contribution in [3.8, 4) is 0 Å². The third kappa shape index (κ3) is 4.50. The average molecular weight is 413 g/mol. The highest BCUT2D eigenvalue weighted by molar-refractivity contribution is 7.89. The maximum atomic E-state index is 13.0. The van der Waals surface area contributed by atoms with Gasteiger partial charge in [0.15, 0.2) is 0 Å². The van der Waals surface area contributed by atoms with E-state index in [2.05, 4.69) is 15.5 Å². The molecular weight excluding hydrogens is 391 g/mol. The SMILES string of the molecule is CC(C)c1nnc(NC(=O)C2CCN(S(=O)(=O)c3ccc(F)cc3)CC2)s1. The van der Waals surface area contributed by atoms with Crippen molar-refractivity contribution in [1.82, 2.24) is 14.5 Å². The molecule has 146 valence electrons. The second-order valence-electron chi connectivity index (χ2n) is 6.72. The molecule has 1 aromatic heterocycles. The number of aromatic nitrogens is 2. The van der Waals surface area contributed by atoms with Crippen LogP contribution in [0.15, 0.2) is 29.2 Å². The molecule has 10 heteroatoms. The minimum Gasteiger partial charge on any atom is -0.300 e. The number of carbonyl (C=O) groups excluding carboxylic acids is 1. The number of hydrogen-bond acceptors (Lipinski definition) is 6. The third-order valence-corrected chi connectivity index (χ3v) is 7.49. The van der Waals surface area contributed by atoms with Crippen LogP contribution in [0.1, 0.15) is 37.6 Å². The van der Waals surface area contributed by atoms with Crippen LogP contribution < -0.4 is 5.32 Å². The van der Waals surface area contributed by atoms with E-state index >= 15 is 0 Å². The Labute approximate surface area is 161 Å². The smallest absolute Gasteiger partial charge is 0.243 e. The van der Waals surface area contributed by atoms with Crippen molar-refractivity contribution in [3.05, 3.63) is 35.1 Å². The van der Waals surface area contributed by atoms with Crippen LogP contribution >= 0.6 is 11.3 Å². The first kappa shape index (κ1) is 19.8. The molecule has 0 bridgehead atoms. The summed E-state index contributed by atoms with van der Waals surface area (Å²) in [6.45, 7) is 4.49. The number of amides is 1. The summed E-state index contributed by atoms with van der Waals surface area (Å²) in [5.41, 5.74) is 0. The van der Waals surface area contributed by atoms with Gasteiger partial charge in [-0.05, 0) is 37.1 Å². The summed E-state index contributed by atoms with van der Waals surface area (Å²) in [6, 6.07) is 4.76. The zero-order chi connectivity index (χ0) is 19.6. The van der Waals surface area contributed by atoms with Crippen molar-refractivity contribution >= 4 is 32.4 Å². The predicted octanol–water partition coefficient (Wildman–Crippen LogP) is 2.84. The van der Waals surface area contributed by atoms with Gasteiger partial charge < -0.3 is 5.32 Å². The van der Waals surface area contributed by atoms with Crippen LogP contribution in [0.2, 0.25) is 0 Å². The van der Waals surface area contributed by atoms with Crippen LogP contribution in [-0.2, 0) is 14.8 Å². The summed E-state index contributed by atoms with van der Waals surface area (Å²) in [5.74, 6) is -0.689. The van der Waals surface area contributed by atoms with Gasteiger partial charge in [0, 0.05) is 24.9 Å². The van der Waals surface area contributed by atoms with Crippen LogP contribution in [-0.4, -0.2) is 41.9 Å². The molecule has 0 saturated carbocycles. The highest BCUT2D eigenvalue weighted by atomic mass is 32.2. The number of carbonyl (C=O) groups is 1. The van der Waals surface area contributed by atoms with Gasteiger partial charge in [-0.2, -0.15) is 4.31 Å². The van der Waals surface area contributed by atoms with Gasteiger partial charge in [0.1, 0.15) is 10.8 Å². The van der Waals surface area contributed by atoms with E-state index in [9.17, 15) is 17.6 Å². The van der Waals surface area contributed by atoms with Gasteiger partial charge in [0.25, 0.3) is 0 Å². The molecule has 0 spiro atoms. The monoisotopic (exact) mass is 412 g/mol. The molecule has 1 aliphatic heterocycles. The van der Waals surface area contributed by atoms with Crippen LogP contribution in [0, 0.1) is 11.7 Å². The molecule has 0 radical (unpaired) electrons. The van der Waals surface area contributed by atoms with Crippen molar-refractivity contribution in [2.75, 3.05) is 18.4 Å². The normalized spacial score (nSPS) is 16.6. The Kier molecular flexibility index (Phi) is 5.87. The lowest BCUT2D eigenvalue weighted by Crippen LogP contribution is -2.41. The highest BCUT2D eigenvalue weighted by Gasteiger charge is 2.32. The molecular formula is C17H21FN4O3S2. The maximum Gasteiger partial charge on any atom is 0.243 e. The number of anilines is 1. The quantitative estimate of drug-likeness (QED) is 0.815. The first-order valence-corrected chi connectivity index (χ1v) is 10.9. The van der Waals surface area contributed by atoms with E-state index in [0.29, 0.717) is 18.0 Å². The van der Waals surface area contributed by atoms with E-state index in [4.69, 9.17) is 0 Å². The van der Waals surface area contributed by atoms with E-state index in [1.165, 1.54) is 27.8 Å².